The molecule has 2 rings (SSSR count). The lowest BCUT2D eigenvalue weighted by molar-refractivity contribution is 1.41. The van der Waals surface area contributed by atoms with Crippen molar-refractivity contribution in [3.8, 4) is 11.1 Å². The SMILES string of the molecule is C=C(/C=C\C=C/C)c1cccc(-c2ccc(N)cc2)c1S. The summed E-state index contributed by atoms with van der Waals surface area (Å²) in [7, 11) is 0. The number of hydrogen-bond donors (Lipinski definition) is 2. The molecule has 0 saturated carbocycles. The molecule has 2 aromatic carbocycles. The average molecular weight is 293 g/mol. The lowest BCUT2D eigenvalue weighted by Gasteiger charge is -2.11. The molecule has 0 aromatic heterocycles. The Balaban J connectivity index is 2.40. The Morgan fingerprint density at radius 1 is 1.10 bits per heavy atom. The number of anilines is 1. The molecule has 0 atom stereocenters. The van der Waals surface area contributed by atoms with Crippen molar-refractivity contribution >= 4 is 23.9 Å². The Hall–Kier alpha value is -2.19. The maximum Gasteiger partial charge on any atom is 0.0314 e. The fourth-order valence-electron chi connectivity index (χ4n) is 2.07. The first-order valence-electron chi connectivity index (χ1n) is 6.80. The molecule has 106 valence electrons. The molecular formula is C19H19NS. The Labute approximate surface area is 131 Å². The van der Waals surface area contributed by atoms with Gasteiger partial charge < -0.3 is 5.73 Å². The van der Waals surface area contributed by atoms with E-state index in [0.29, 0.717) is 0 Å². The van der Waals surface area contributed by atoms with Gasteiger partial charge in [-0.1, -0.05) is 61.2 Å². The Kier molecular flexibility index (Phi) is 5.07. The van der Waals surface area contributed by atoms with Gasteiger partial charge in [0, 0.05) is 10.6 Å². The van der Waals surface area contributed by atoms with Gasteiger partial charge >= 0.3 is 0 Å². The molecule has 1 nitrogen and oxygen atoms in total. The third-order valence-electron chi connectivity index (χ3n) is 3.20. The summed E-state index contributed by atoms with van der Waals surface area (Å²) in [4.78, 5) is 0.928. The number of benzene rings is 2. The summed E-state index contributed by atoms with van der Waals surface area (Å²) in [5.41, 5.74) is 10.7. The topological polar surface area (TPSA) is 26.0 Å². The molecule has 0 unspecified atom stereocenters. The van der Waals surface area contributed by atoms with Crippen LogP contribution in [0.2, 0.25) is 0 Å². The number of hydrogen-bond acceptors (Lipinski definition) is 2. The van der Waals surface area contributed by atoms with Crippen LogP contribution < -0.4 is 5.73 Å². The van der Waals surface area contributed by atoms with Crippen molar-refractivity contribution in [2.45, 2.75) is 11.8 Å². The van der Waals surface area contributed by atoms with Crippen LogP contribution in [0.4, 0.5) is 5.69 Å². The number of nitrogen functional groups attached to an aromatic ring is 1. The zero-order valence-corrected chi connectivity index (χ0v) is 13.0. The summed E-state index contributed by atoms with van der Waals surface area (Å²) in [6.45, 7) is 6.10. The molecule has 0 aliphatic heterocycles. The third-order valence-corrected chi connectivity index (χ3v) is 3.69. The van der Waals surface area contributed by atoms with Gasteiger partial charge in [0.15, 0.2) is 0 Å². The summed E-state index contributed by atoms with van der Waals surface area (Å²) >= 11 is 4.69. The van der Waals surface area contributed by atoms with Gasteiger partial charge in [0.2, 0.25) is 0 Å². The maximum atomic E-state index is 5.74. The smallest absolute Gasteiger partial charge is 0.0314 e. The van der Waals surface area contributed by atoms with E-state index in [-0.39, 0.29) is 0 Å². The highest BCUT2D eigenvalue weighted by Gasteiger charge is 2.08. The van der Waals surface area contributed by atoms with E-state index in [9.17, 15) is 0 Å². The van der Waals surface area contributed by atoms with Crippen molar-refractivity contribution in [3.05, 3.63) is 78.9 Å². The number of rotatable bonds is 4. The Bertz CT molecular complexity index is 694. The maximum absolute atomic E-state index is 5.74. The van der Waals surface area contributed by atoms with Gasteiger partial charge in [-0.05, 0) is 41.3 Å². The van der Waals surface area contributed by atoms with Gasteiger partial charge in [0.05, 0.1) is 0 Å². The lowest BCUT2D eigenvalue weighted by atomic mass is 9.99. The Morgan fingerprint density at radius 2 is 1.81 bits per heavy atom. The van der Waals surface area contributed by atoms with Crippen LogP contribution in [0.15, 0.2) is 78.2 Å². The van der Waals surface area contributed by atoms with Gasteiger partial charge in [-0.25, -0.2) is 0 Å². The summed E-state index contributed by atoms with van der Waals surface area (Å²) < 4.78 is 0. The van der Waals surface area contributed by atoms with Crippen molar-refractivity contribution in [1.82, 2.24) is 0 Å². The zero-order valence-electron chi connectivity index (χ0n) is 12.1. The lowest BCUT2D eigenvalue weighted by Crippen LogP contribution is -1.88. The minimum Gasteiger partial charge on any atom is -0.399 e. The molecule has 0 aliphatic rings. The molecular weight excluding hydrogens is 274 g/mol. The van der Waals surface area contributed by atoms with Gasteiger partial charge in [-0.15, -0.1) is 12.6 Å². The van der Waals surface area contributed by atoms with Gasteiger partial charge in [-0.2, -0.15) is 0 Å². The van der Waals surface area contributed by atoms with Crippen LogP contribution in [-0.4, -0.2) is 0 Å². The summed E-state index contributed by atoms with van der Waals surface area (Å²) in [6, 6.07) is 13.9. The quantitative estimate of drug-likeness (QED) is 0.442. The van der Waals surface area contributed by atoms with Crippen LogP contribution in [0.3, 0.4) is 0 Å². The number of allylic oxidation sites excluding steroid dienone is 5. The van der Waals surface area contributed by atoms with Crippen molar-refractivity contribution in [2.75, 3.05) is 5.73 Å². The van der Waals surface area contributed by atoms with Crippen molar-refractivity contribution < 1.29 is 0 Å². The van der Waals surface area contributed by atoms with E-state index in [1.807, 2.05) is 67.6 Å². The predicted molar refractivity (Wildman–Crippen MR) is 96.5 cm³/mol. The highest BCUT2D eigenvalue weighted by Crippen LogP contribution is 2.33. The molecule has 0 amide bonds. The molecule has 2 N–H and O–H groups in total. The number of thiol groups is 1. The fourth-order valence-corrected chi connectivity index (χ4v) is 2.49. The predicted octanol–water partition coefficient (Wildman–Crippen LogP) is 5.37. The van der Waals surface area contributed by atoms with E-state index in [4.69, 9.17) is 5.73 Å². The molecule has 2 aromatic rings. The van der Waals surface area contributed by atoms with Crippen molar-refractivity contribution in [1.29, 1.82) is 0 Å². The second kappa shape index (κ2) is 7.00. The van der Waals surface area contributed by atoms with E-state index in [1.165, 1.54) is 0 Å². The van der Waals surface area contributed by atoms with Crippen molar-refractivity contribution in [3.63, 3.8) is 0 Å². The van der Waals surface area contributed by atoms with E-state index < -0.39 is 0 Å². The second-order valence-corrected chi connectivity index (χ2v) is 5.18. The second-order valence-electron chi connectivity index (χ2n) is 4.73. The molecule has 0 radical (unpaired) electrons. The minimum atomic E-state index is 0.759. The monoisotopic (exact) mass is 293 g/mol. The third kappa shape index (κ3) is 3.67. The molecule has 0 saturated heterocycles. The largest absolute Gasteiger partial charge is 0.399 e. The van der Waals surface area contributed by atoms with Gasteiger partial charge in [0.25, 0.3) is 0 Å². The zero-order chi connectivity index (χ0) is 15.2. The average Bonchev–Trinajstić information content (AvgIpc) is 2.49. The fraction of sp³-hybridized carbons (Fsp3) is 0.0526. The normalized spacial score (nSPS) is 11.3. The molecule has 0 bridgehead atoms. The number of nitrogens with two attached hydrogens (primary N) is 1. The van der Waals surface area contributed by atoms with Crippen LogP contribution >= 0.6 is 12.6 Å². The standard InChI is InChI=1S/C19H19NS/c1-3-4-5-7-14(2)17-8-6-9-18(19(17)21)15-10-12-16(20)13-11-15/h3-13,21H,2,20H2,1H3/b4-3-,7-5-. The molecule has 21 heavy (non-hydrogen) atoms. The molecule has 0 aliphatic carbocycles. The molecule has 2 heteroatoms. The van der Waals surface area contributed by atoms with Crippen LogP contribution in [-0.2, 0) is 0 Å². The molecule has 0 spiro atoms. The van der Waals surface area contributed by atoms with Crippen LogP contribution in [0.1, 0.15) is 12.5 Å². The Morgan fingerprint density at radius 3 is 2.48 bits per heavy atom. The van der Waals surface area contributed by atoms with E-state index in [1.54, 1.807) is 0 Å². The summed E-state index contributed by atoms with van der Waals surface area (Å²) in [5.74, 6) is 0. The summed E-state index contributed by atoms with van der Waals surface area (Å²) in [5, 5.41) is 0. The minimum absolute atomic E-state index is 0.759. The van der Waals surface area contributed by atoms with Gasteiger partial charge in [0.1, 0.15) is 0 Å². The van der Waals surface area contributed by atoms with E-state index in [0.717, 1.165) is 32.8 Å². The van der Waals surface area contributed by atoms with Crippen LogP contribution in [0.25, 0.3) is 16.7 Å². The van der Waals surface area contributed by atoms with E-state index >= 15 is 0 Å². The van der Waals surface area contributed by atoms with Crippen LogP contribution in [0.5, 0.6) is 0 Å². The first kappa shape index (κ1) is 15.2. The first-order chi connectivity index (χ1) is 10.1. The molecule has 0 fully saturated rings. The van der Waals surface area contributed by atoms with E-state index in [2.05, 4.69) is 25.3 Å². The highest BCUT2D eigenvalue weighted by atomic mass is 32.1. The van der Waals surface area contributed by atoms with Crippen LogP contribution in [0, 0.1) is 0 Å². The van der Waals surface area contributed by atoms with Gasteiger partial charge in [-0.3, -0.25) is 0 Å². The summed E-state index contributed by atoms with van der Waals surface area (Å²) in [6.07, 6.45) is 7.93. The highest BCUT2D eigenvalue weighted by molar-refractivity contribution is 7.80. The van der Waals surface area contributed by atoms with Crippen molar-refractivity contribution in [2.24, 2.45) is 0 Å². The first-order valence-corrected chi connectivity index (χ1v) is 7.24. The molecule has 0 heterocycles.